The lowest BCUT2D eigenvalue weighted by molar-refractivity contribution is -0.0824. The smallest absolute Gasteiger partial charge is 0.213 e. The molecular formula is C18H28N2O2S. The highest BCUT2D eigenvalue weighted by molar-refractivity contribution is 7.99. The summed E-state index contributed by atoms with van der Waals surface area (Å²) in [5.74, 6) is 3.14. The summed E-state index contributed by atoms with van der Waals surface area (Å²) >= 11 is 2.02. The Hall–Kier alpha value is -0.780. The summed E-state index contributed by atoms with van der Waals surface area (Å²) in [7, 11) is 1.89. The number of nitrogens with zero attached hydrogens (tertiary/aromatic N) is 2. The van der Waals surface area contributed by atoms with Crippen molar-refractivity contribution in [3.8, 4) is 5.88 Å². The molecule has 5 heteroatoms. The van der Waals surface area contributed by atoms with E-state index in [-0.39, 0.29) is 11.7 Å². The third kappa shape index (κ3) is 3.83. The molecule has 0 radical (unpaired) electrons. The lowest BCUT2D eigenvalue weighted by Gasteiger charge is -2.43. The van der Waals surface area contributed by atoms with Gasteiger partial charge in [0.15, 0.2) is 0 Å². The van der Waals surface area contributed by atoms with Gasteiger partial charge in [-0.15, -0.1) is 0 Å². The van der Waals surface area contributed by atoms with Crippen LogP contribution in [0.15, 0.2) is 24.4 Å². The van der Waals surface area contributed by atoms with E-state index < -0.39 is 0 Å². The topological polar surface area (TPSA) is 34.6 Å². The zero-order valence-electron chi connectivity index (χ0n) is 14.2. The monoisotopic (exact) mass is 336 g/mol. The molecule has 0 spiro atoms. The van der Waals surface area contributed by atoms with Crippen LogP contribution in [0.1, 0.15) is 32.6 Å². The van der Waals surface area contributed by atoms with Gasteiger partial charge in [-0.1, -0.05) is 13.0 Å². The molecule has 0 aromatic carbocycles. The highest BCUT2D eigenvalue weighted by Crippen LogP contribution is 2.43. The highest BCUT2D eigenvalue weighted by Gasteiger charge is 2.51. The molecule has 2 aliphatic rings. The molecule has 128 valence electrons. The SMILES string of the molecule is CCSCCN1CC[C@]2(OC)CC[C@@H](Oc3ccccn3)C[C@H]12. The number of hydrogen-bond donors (Lipinski definition) is 0. The third-order valence-electron chi connectivity index (χ3n) is 5.30. The standard InChI is InChI=1S/C18H28N2O2S/c1-3-23-13-12-20-11-9-18(21-2)8-7-15(14-16(18)20)22-17-6-4-5-10-19-17/h4-6,10,15-16H,3,7-9,11-14H2,1-2H3/t15-,16+,18-/m1/s1. The minimum absolute atomic E-state index is 0.0425. The molecule has 1 aliphatic carbocycles. The number of rotatable bonds is 7. The summed E-state index contributed by atoms with van der Waals surface area (Å²) in [5, 5.41) is 0. The van der Waals surface area contributed by atoms with Gasteiger partial charge in [-0.2, -0.15) is 11.8 Å². The van der Waals surface area contributed by atoms with Crippen LogP contribution in [0.4, 0.5) is 0 Å². The van der Waals surface area contributed by atoms with Gasteiger partial charge in [-0.3, -0.25) is 4.90 Å². The molecule has 2 heterocycles. The number of likely N-dealkylation sites (tertiary alicyclic amines) is 1. The van der Waals surface area contributed by atoms with Crippen molar-refractivity contribution in [3.05, 3.63) is 24.4 Å². The van der Waals surface area contributed by atoms with Crippen LogP contribution < -0.4 is 4.74 Å². The molecule has 1 aromatic heterocycles. The number of methoxy groups -OCH3 is 1. The molecule has 3 atom stereocenters. The van der Waals surface area contributed by atoms with Crippen LogP contribution in [-0.2, 0) is 4.74 Å². The Labute approximate surface area is 143 Å². The molecule has 0 unspecified atom stereocenters. The maximum absolute atomic E-state index is 6.13. The molecule has 0 N–H and O–H groups in total. The van der Waals surface area contributed by atoms with Crippen molar-refractivity contribution < 1.29 is 9.47 Å². The van der Waals surface area contributed by atoms with Crippen LogP contribution in [0.5, 0.6) is 5.88 Å². The van der Waals surface area contributed by atoms with Crippen molar-refractivity contribution in [2.75, 3.05) is 31.7 Å². The summed E-state index contributed by atoms with van der Waals surface area (Å²) in [6.07, 6.45) is 6.38. The largest absolute Gasteiger partial charge is 0.474 e. The first-order valence-corrected chi connectivity index (χ1v) is 9.87. The number of pyridine rings is 1. The predicted octanol–water partition coefficient (Wildman–Crippen LogP) is 3.23. The lowest BCUT2D eigenvalue weighted by Crippen LogP contribution is -2.52. The van der Waals surface area contributed by atoms with Crippen molar-refractivity contribution in [2.24, 2.45) is 0 Å². The van der Waals surface area contributed by atoms with Crippen LogP contribution >= 0.6 is 11.8 Å². The van der Waals surface area contributed by atoms with Crippen LogP contribution in [0.3, 0.4) is 0 Å². The Balaban J connectivity index is 1.63. The van der Waals surface area contributed by atoms with Gasteiger partial charge >= 0.3 is 0 Å². The van der Waals surface area contributed by atoms with Crippen LogP contribution in [0.2, 0.25) is 0 Å². The van der Waals surface area contributed by atoms with Crippen molar-refractivity contribution in [3.63, 3.8) is 0 Å². The van der Waals surface area contributed by atoms with Gasteiger partial charge in [0.2, 0.25) is 5.88 Å². The fourth-order valence-corrected chi connectivity index (χ4v) is 4.70. The molecule has 1 saturated heterocycles. The Kier molecular flexibility index (Phi) is 5.83. The molecule has 2 fully saturated rings. The van der Waals surface area contributed by atoms with Crippen molar-refractivity contribution in [1.29, 1.82) is 0 Å². The number of ether oxygens (including phenoxy) is 2. The van der Waals surface area contributed by atoms with Gasteiger partial charge in [0.05, 0.1) is 5.60 Å². The summed E-state index contributed by atoms with van der Waals surface area (Å²) in [4.78, 5) is 6.93. The van der Waals surface area contributed by atoms with Gasteiger partial charge in [0.25, 0.3) is 0 Å². The Morgan fingerprint density at radius 1 is 1.39 bits per heavy atom. The normalized spacial score (nSPS) is 31.0. The Morgan fingerprint density at radius 3 is 3.04 bits per heavy atom. The van der Waals surface area contributed by atoms with E-state index in [2.05, 4.69) is 16.8 Å². The number of hydrogen-bond acceptors (Lipinski definition) is 5. The summed E-state index contributed by atoms with van der Waals surface area (Å²) < 4.78 is 12.1. The second-order valence-corrected chi connectivity index (χ2v) is 7.84. The Bertz CT molecular complexity index is 487. The summed E-state index contributed by atoms with van der Waals surface area (Å²) in [6, 6.07) is 6.33. The average molecular weight is 337 g/mol. The molecule has 3 rings (SSSR count). The number of aromatic nitrogens is 1. The third-order valence-corrected chi connectivity index (χ3v) is 6.18. The molecule has 1 aromatic rings. The number of fused-ring (bicyclic) bond motifs is 1. The first kappa shape index (κ1) is 17.1. The second-order valence-electron chi connectivity index (χ2n) is 6.45. The maximum atomic E-state index is 6.13. The fourth-order valence-electron chi connectivity index (χ4n) is 4.04. The molecule has 1 aliphatic heterocycles. The molecule has 4 nitrogen and oxygen atoms in total. The van der Waals surface area contributed by atoms with Crippen LogP contribution in [-0.4, -0.2) is 59.3 Å². The zero-order chi connectivity index (χ0) is 16.1. The van der Waals surface area contributed by atoms with Crippen molar-refractivity contribution in [1.82, 2.24) is 9.88 Å². The zero-order valence-corrected chi connectivity index (χ0v) is 15.1. The second kappa shape index (κ2) is 7.86. The molecule has 0 bridgehead atoms. The van der Waals surface area contributed by atoms with Gasteiger partial charge in [-0.05, 0) is 31.1 Å². The van der Waals surface area contributed by atoms with Crippen molar-refractivity contribution >= 4 is 11.8 Å². The molecule has 0 amide bonds. The Morgan fingerprint density at radius 2 is 2.30 bits per heavy atom. The quantitative estimate of drug-likeness (QED) is 0.714. The average Bonchev–Trinajstić information content (AvgIpc) is 2.95. The van der Waals surface area contributed by atoms with Crippen molar-refractivity contribution in [2.45, 2.75) is 50.4 Å². The van der Waals surface area contributed by atoms with E-state index in [1.165, 1.54) is 11.5 Å². The highest BCUT2D eigenvalue weighted by atomic mass is 32.2. The van der Waals surface area contributed by atoms with Gasteiger partial charge in [0.1, 0.15) is 6.10 Å². The molecular weight excluding hydrogens is 308 g/mol. The van der Waals surface area contributed by atoms with Crippen LogP contribution in [0, 0.1) is 0 Å². The van der Waals surface area contributed by atoms with E-state index in [0.29, 0.717) is 6.04 Å². The van der Waals surface area contributed by atoms with Crippen LogP contribution in [0.25, 0.3) is 0 Å². The minimum Gasteiger partial charge on any atom is -0.474 e. The van der Waals surface area contributed by atoms with Gasteiger partial charge in [0, 0.05) is 50.7 Å². The van der Waals surface area contributed by atoms with E-state index in [1.807, 2.05) is 37.1 Å². The predicted molar refractivity (Wildman–Crippen MR) is 95.2 cm³/mol. The van der Waals surface area contributed by atoms with E-state index in [0.717, 1.165) is 44.7 Å². The maximum Gasteiger partial charge on any atom is 0.213 e. The molecule has 23 heavy (non-hydrogen) atoms. The summed E-state index contributed by atoms with van der Waals surface area (Å²) in [5.41, 5.74) is 0.0425. The lowest BCUT2D eigenvalue weighted by atomic mass is 9.79. The first-order chi connectivity index (χ1) is 11.3. The molecule has 1 saturated carbocycles. The van der Waals surface area contributed by atoms with Gasteiger partial charge in [-0.25, -0.2) is 4.98 Å². The van der Waals surface area contributed by atoms with E-state index in [9.17, 15) is 0 Å². The van der Waals surface area contributed by atoms with E-state index in [4.69, 9.17) is 9.47 Å². The fraction of sp³-hybridized carbons (Fsp3) is 0.722. The van der Waals surface area contributed by atoms with Gasteiger partial charge < -0.3 is 9.47 Å². The number of thioether (sulfide) groups is 1. The first-order valence-electron chi connectivity index (χ1n) is 8.72. The summed E-state index contributed by atoms with van der Waals surface area (Å²) in [6.45, 7) is 4.54. The van der Waals surface area contributed by atoms with E-state index >= 15 is 0 Å². The minimum atomic E-state index is 0.0425. The van der Waals surface area contributed by atoms with E-state index in [1.54, 1.807) is 6.20 Å².